The Kier molecular flexibility index (Phi) is 3.42. The van der Waals surface area contributed by atoms with E-state index in [1.165, 1.54) is 12.8 Å². The lowest BCUT2D eigenvalue weighted by Crippen LogP contribution is -2.46. The van der Waals surface area contributed by atoms with Gasteiger partial charge in [0.1, 0.15) is 0 Å². The van der Waals surface area contributed by atoms with Gasteiger partial charge in [-0.05, 0) is 32.1 Å². The molecule has 1 N–H and O–H groups in total. The Hall–Kier alpha value is -0.120. The number of likely N-dealkylation sites (tertiary alicyclic amines) is 1. The Balaban J connectivity index is 1.82. The summed E-state index contributed by atoms with van der Waals surface area (Å²) >= 11 is 0. The van der Waals surface area contributed by atoms with Gasteiger partial charge < -0.3 is 9.84 Å². The topological polar surface area (TPSA) is 32.7 Å². The molecule has 14 heavy (non-hydrogen) atoms. The molecule has 2 fully saturated rings. The van der Waals surface area contributed by atoms with Crippen molar-refractivity contribution in [1.82, 2.24) is 4.90 Å². The summed E-state index contributed by atoms with van der Waals surface area (Å²) in [6, 6.07) is 0.438. The maximum Gasteiger partial charge on any atom is 0.0695 e. The SMILES string of the molecule is COC1CCN([C@H]2CCC[C@@H]2O)CC1. The molecule has 0 aromatic heterocycles. The van der Waals surface area contributed by atoms with Crippen LogP contribution in [0, 0.1) is 0 Å². The van der Waals surface area contributed by atoms with E-state index in [-0.39, 0.29) is 6.10 Å². The first-order valence-electron chi connectivity index (χ1n) is 5.76. The third-order valence-electron chi connectivity index (χ3n) is 3.72. The van der Waals surface area contributed by atoms with Crippen molar-refractivity contribution in [3.63, 3.8) is 0 Å². The van der Waals surface area contributed by atoms with Crippen LogP contribution >= 0.6 is 0 Å². The molecule has 0 aromatic carbocycles. The minimum absolute atomic E-state index is 0.0749. The van der Waals surface area contributed by atoms with Crippen molar-refractivity contribution in [3.8, 4) is 0 Å². The monoisotopic (exact) mass is 199 g/mol. The number of ether oxygens (including phenoxy) is 1. The van der Waals surface area contributed by atoms with Crippen LogP contribution in [0.2, 0.25) is 0 Å². The standard InChI is InChI=1S/C11H21NO2/c1-14-9-5-7-12(8-6-9)10-3-2-4-11(10)13/h9-11,13H,2-8H2,1H3/t10-,11-/m0/s1. The van der Waals surface area contributed by atoms with E-state index in [9.17, 15) is 5.11 Å². The fraction of sp³-hybridized carbons (Fsp3) is 1.00. The number of aliphatic hydroxyl groups excluding tert-OH is 1. The van der Waals surface area contributed by atoms with Gasteiger partial charge in [-0.15, -0.1) is 0 Å². The third-order valence-corrected chi connectivity index (χ3v) is 3.72. The fourth-order valence-electron chi connectivity index (χ4n) is 2.79. The van der Waals surface area contributed by atoms with Crippen molar-refractivity contribution in [2.75, 3.05) is 20.2 Å². The predicted molar refractivity (Wildman–Crippen MR) is 55.2 cm³/mol. The van der Waals surface area contributed by atoms with Crippen LogP contribution in [0.4, 0.5) is 0 Å². The average Bonchev–Trinajstić information content (AvgIpc) is 2.65. The predicted octanol–water partition coefficient (Wildman–Crippen LogP) is 1.01. The highest BCUT2D eigenvalue weighted by molar-refractivity contribution is 4.87. The van der Waals surface area contributed by atoms with Crippen LogP contribution in [-0.4, -0.2) is 48.5 Å². The molecule has 0 bridgehead atoms. The summed E-state index contributed by atoms with van der Waals surface area (Å²) in [5, 5.41) is 9.79. The van der Waals surface area contributed by atoms with Crippen LogP contribution in [0.15, 0.2) is 0 Å². The second-order valence-corrected chi connectivity index (χ2v) is 4.54. The summed E-state index contributed by atoms with van der Waals surface area (Å²) in [6.07, 6.45) is 5.99. The van der Waals surface area contributed by atoms with Gasteiger partial charge in [0.2, 0.25) is 0 Å². The second-order valence-electron chi connectivity index (χ2n) is 4.54. The summed E-state index contributed by atoms with van der Waals surface area (Å²) < 4.78 is 5.34. The van der Waals surface area contributed by atoms with Gasteiger partial charge in [0.05, 0.1) is 12.2 Å². The summed E-state index contributed by atoms with van der Waals surface area (Å²) in [5.41, 5.74) is 0. The maximum absolute atomic E-state index is 9.79. The van der Waals surface area contributed by atoms with Crippen LogP contribution in [0.25, 0.3) is 0 Å². The minimum Gasteiger partial charge on any atom is -0.391 e. The van der Waals surface area contributed by atoms with E-state index in [1.807, 2.05) is 0 Å². The minimum atomic E-state index is -0.0749. The van der Waals surface area contributed by atoms with Crippen molar-refractivity contribution < 1.29 is 9.84 Å². The zero-order chi connectivity index (χ0) is 9.97. The lowest BCUT2D eigenvalue weighted by molar-refractivity contribution is 0.00299. The largest absolute Gasteiger partial charge is 0.391 e. The zero-order valence-electron chi connectivity index (χ0n) is 8.98. The van der Waals surface area contributed by atoms with E-state index in [4.69, 9.17) is 4.74 Å². The van der Waals surface area contributed by atoms with Crippen LogP contribution in [0.3, 0.4) is 0 Å². The van der Waals surface area contributed by atoms with Crippen molar-refractivity contribution in [1.29, 1.82) is 0 Å². The Labute approximate surface area is 86.0 Å². The van der Waals surface area contributed by atoms with Crippen LogP contribution in [0.5, 0.6) is 0 Å². The van der Waals surface area contributed by atoms with Crippen molar-refractivity contribution in [2.45, 2.75) is 50.4 Å². The Morgan fingerprint density at radius 2 is 1.86 bits per heavy atom. The molecule has 1 saturated heterocycles. The first-order valence-corrected chi connectivity index (χ1v) is 5.76. The van der Waals surface area contributed by atoms with Crippen molar-refractivity contribution in [3.05, 3.63) is 0 Å². The molecule has 2 rings (SSSR count). The van der Waals surface area contributed by atoms with E-state index in [1.54, 1.807) is 7.11 Å². The molecule has 82 valence electrons. The van der Waals surface area contributed by atoms with E-state index in [0.717, 1.165) is 32.4 Å². The van der Waals surface area contributed by atoms with E-state index >= 15 is 0 Å². The number of piperidine rings is 1. The highest BCUT2D eigenvalue weighted by Crippen LogP contribution is 2.27. The Morgan fingerprint density at radius 1 is 1.14 bits per heavy atom. The van der Waals surface area contributed by atoms with E-state index < -0.39 is 0 Å². The van der Waals surface area contributed by atoms with Gasteiger partial charge in [-0.25, -0.2) is 0 Å². The highest BCUT2D eigenvalue weighted by Gasteiger charge is 2.32. The smallest absolute Gasteiger partial charge is 0.0695 e. The number of hydrogen-bond donors (Lipinski definition) is 1. The van der Waals surface area contributed by atoms with Gasteiger partial charge >= 0.3 is 0 Å². The molecule has 1 saturated carbocycles. The van der Waals surface area contributed by atoms with E-state index in [2.05, 4.69) is 4.90 Å². The molecule has 2 atom stereocenters. The van der Waals surface area contributed by atoms with Gasteiger partial charge in [-0.1, -0.05) is 0 Å². The van der Waals surface area contributed by atoms with Crippen LogP contribution < -0.4 is 0 Å². The third kappa shape index (κ3) is 2.10. The lowest BCUT2D eigenvalue weighted by atomic mass is 10.0. The lowest BCUT2D eigenvalue weighted by Gasteiger charge is -2.36. The van der Waals surface area contributed by atoms with Gasteiger partial charge in [0.25, 0.3) is 0 Å². The van der Waals surface area contributed by atoms with Gasteiger partial charge in [0, 0.05) is 26.2 Å². The van der Waals surface area contributed by atoms with Gasteiger partial charge in [-0.3, -0.25) is 4.90 Å². The molecule has 3 nitrogen and oxygen atoms in total. The molecule has 3 heteroatoms. The molecule has 1 heterocycles. The first kappa shape index (κ1) is 10.4. The Bertz CT molecular complexity index is 178. The van der Waals surface area contributed by atoms with Crippen LogP contribution in [0.1, 0.15) is 32.1 Å². The Morgan fingerprint density at radius 3 is 2.36 bits per heavy atom. The summed E-state index contributed by atoms with van der Waals surface area (Å²) in [6.45, 7) is 2.19. The number of methoxy groups -OCH3 is 1. The molecule has 1 aliphatic carbocycles. The second kappa shape index (κ2) is 4.60. The van der Waals surface area contributed by atoms with E-state index in [0.29, 0.717) is 12.1 Å². The summed E-state index contributed by atoms with van der Waals surface area (Å²) in [4.78, 5) is 2.45. The average molecular weight is 199 g/mol. The number of aliphatic hydroxyl groups is 1. The quantitative estimate of drug-likeness (QED) is 0.720. The van der Waals surface area contributed by atoms with Crippen LogP contribution in [-0.2, 0) is 4.74 Å². The molecule has 0 radical (unpaired) electrons. The normalized spacial score (nSPS) is 36.4. The van der Waals surface area contributed by atoms with Gasteiger partial charge in [-0.2, -0.15) is 0 Å². The first-order chi connectivity index (χ1) is 6.81. The molecule has 2 aliphatic rings. The molecule has 0 amide bonds. The van der Waals surface area contributed by atoms with Crippen molar-refractivity contribution in [2.24, 2.45) is 0 Å². The molecule has 1 aliphatic heterocycles. The zero-order valence-corrected chi connectivity index (χ0v) is 8.98. The number of rotatable bonds is 2. The van der Waals surface area contributed by atoms with Gasteiger partial charge in [0.15, 0.2) is 0 Å². The molecular formula is C11H21NO2. The summed E-state index contributed by atoms with van der Waals surface area (Å²) in [5.74, 6) is 0. The fourth-order valence-corrected chi connectivity index (χ4v) is 2.79. The maximum atomic E-state index is 9.79. The molecular weight excluding hydrogens is 178 g/mol. The number of hydrogen-bond acceptors (Lipinski definition) is 3. The molecule has 0 aromatic rings. The highest BCUT2D eigenvalue weighted by atomic mass is 16.5. The molecule has 0 spiro atoms. The number of nitrogens with zero attached hydrogens (tertiary/aromatic N) is 1. The molecule has 0 unspecified atom stereocenters. The summed E-state index contributed by atoms with van der Waals surface area (Å²) in [7, 11) is 1.80. The van der Waals surface area contributed by atoms with Crippen molar-refractivity contribution >= 4 is 0 Å².